The van der Waals surface area contributed by atoms with Gasteiger partial charge in [-0.1, -0.05) is 124 Å². The zero-order valence-corrected chi connectivity index (χ0v) is 37.2. The number of ether oxygens (including phenoxy) is 3. The maximum Gasteiger partial charge on any atom is 0.481 e. The van der Waals surface area contributed by atoms with Gasteiger partial charge in [-0.3, -0.25) is 23.2 Å². The maximum atomic E-state index is 12.7. The second-order valence-corrected chi connectivity index (χ2v) is 19.0. The summed E-state index contributed by atoms with van der Waals surface area (Å²) in [6.45, 7) is 6.60. The van der Waals surface area contributed by atoms with Crippen LogP contribution in [0, 0.1) is 11.8 Å². The van der Waals surface area contributed by atoms with Gasteiger partial charge in [0.25, 0.3) is 0 Å². The Morgan fingerprint density at radius 2 is 1.36 bits per heavy atom. The SMILES string of the molecule is CCC(C)CCCCCCCCC(=O)O[C@H](COC(=O)CCCCCCCCCCC(C)C)COP(=O)(O)OP(=O)(O)OC[C@H]1O[C@@H](n2ccc(N)nc2=O)C(O)[C@H]1O. The lowest BCUT2D eigenvalue weighted by Crippen LogP contribution is -2.36. The number of carbonyl (C=O) groups is 2. The first-order chi connectivity index (χ1) is 27.9. The molecule has 0 aliphatic carbocycles. The molecular weight excluding hydrogens is 812 g/mol. The topological polar surface area (TPSA) is 265 Å². The highest BCUT2D eigenvalue weighted by atomic mass is 31.3. The van der Waals surface area contributed by atoms with E-state index in [0.29, 0.717) is 18.8 Å². The molecular formula is C39H71N3O15P2. The number of anilines is 1. The number of phosphoric ester groups is 2. The molecule has 6 N–H and O–H groups in total. The summed E-state index contributed by atoms with van der Waals surface area (Å²) in [4.78, 5) is 61.4. The smallest absolute Gasteiger partial charge is 0.462 e. The van der Waals surface area contributed by atoms with E-state index in [-0.39, 0.29) is 18.7 Å². The quantitative estimate of drug-likeness (QED) is 0.0274. The van der Waals surface area contributed by atoms with Crippen LogP contribution in [0.1, 0.15) is 156 Å². The van der Waals surface area contributed by atoms with Crippen LogP contribution >= 0.6 is 15.6 Å². The van der Waals surface area contributed by atoms with Crippen LogP contribution in [0.25, 0.3) is 0 Å². The van der Waals surface area contributed by atoms with Gasteiger partial charge in [-0.05, 0) is 30.7 Å². The minimum absolute atomic E-state index is 0.0517. The van der Waals surface area contributed by atoms with Gasteiger partial charge in [0.2, 0.25) is 0 Å². The van der Waals surface area contributed by atoms with Crippen LogP contribution in [0.15, 0.2) is 17.1 Å². The summed E-state index contributed by atoms with van der Waals surface area (Å²) in [5, 5.41) is 20.8. The Kier molecular flexibility index (Phi) is 25.4. The summed E-state index contributed by atoms with van der Waals surface area (Å²) in [5.74, 6) is 0.140. The normalized spacial score (nSPS) is 21.2. The fourth-order valence-electron chi connectivity index (χ4n) is 6.41. The molecule has 1 aliphatic heterocycles. The molecule has 18 nitrogen and oxygen atoms in total. The number of aliphatic hydroxyl groups excluding tert-OH is 2. The second kappa shape index (κ2) is 28.4. The van der Waals surface area contributed by atoms with E-state index in [9.17, 15) is 43.5 Å². The van der Waals surface area contributed by atoms with Gasteiger partial charge in [-0.25, -0.2) is 13.9 Å². The lowest BCUT2D eigenvalue weighted by atomic mass is 10.00. The number of hydrogen-bond donors (Lipinski definition) is 5. The van der Waals surface area contributed by atoms with Gasteiger partial charge in [0.1, 0.15) is 30.7 Å². The van der Waals surface area contributed by atoms with Crippen molar-refractivity contribution in [1.82, 2.24) is 9.55 Å². The van der Waals surface area contributed by atoms with Crippen LogP contribution in [0.4, 0.5) is 5.82 Å². The molecule has 20 heteroatoms. The van der Waals surface area contributed by atoms with Crippen molar-refractivity contribution in [2.24, 2.45) is 11.8 Å². The third-order valence-electron chi connectivity index (χ3n) is 10.2. The molecule has 2 rings (SSSR count). The maximum absolute atomic E-state index is 12.7. The van der Waals surface area contributed by atoms with Gasteiger partial charge in [0, 0.05) is 19.0 Å². The van der Waals surface area contributed by atoms with E-state index in [4.69, 9.17) is 29.0 Å². The molecule has 0 amide bonds. The Hall–Kier alpha value is -2.24. The standard InChI is InChI=1S/C39H71N3O15P2/c1-5-30(4)21-17-13-10-11-15-19-23-35(44)55-31(26-52-34(43)22-18-14-9-7-6-8-12-16-20-29(2)3)27-53-58(48,49)57-59(50,51)54-28-32-36(45)37(46)38(56-32)42-25-24-33(40)41-39(42)47/h24-25,29-32,36-38,45-46H,5-23,26-28H2,1-4H3,(H,48,49)(H,50,51)(H2,40,41,47)/t30?,31-,32-,36+,37?,38-/m1/s1. The summed E-state index contributed by atoms with van der Waals surface area (Å²) in [7, 11) is -10.8. The number of nitrogen functional groups attached to an aromatic ring is 1. The van der Waals surface area contributed by atoms with Crippen LogP contribution in [-0.4, -0.2) is 85.7 Å². The van der Waals surface area contributed by atoms with Crippen LogP contribution in [0.2, 0.25) is 0 Å². The molecule has 1 aliphatic rings. The van der Waals surface area contributed by atoms with E-state index in [1.54, 1.807) is 0 Å². The van der Waals surface area contributed by atoms with Crippen molar-refractivity contribution >= 4 is 33.4 Å². The molecule has 0 bridgehead atoms. The monoisotopic (exact) mass is 883 g/mol. The van der Waals surface area contributed by atoms with Gasteiger partial charge in [0.05, 0.1) is 13.2 Å². The predicted molar refractivity (Wildman–Crippen MR) is 220 cm³/mol. The third kappa shape index (κ3) is 23.0. The molecule has 1 aromatic heterocycles. The van der Waals surface area contributed by atoms with E-state index in [0.717, 1.165) is 74.5 Å². The molecule has 2 heterocycles. The molecule has 0 spiro atoms. The first kappa shape index (κ1) is 52.9. The van der Waals surface area contributed by atoms with Crippen LogP contribution < -0.4 is 11.4 Å². The molecule has 0 aromatic carbocycles. The van der Waals surface area contributed by atoms with Crippen molar-refractivity contribution < 1.29 is 66.3 Å². The summed E-state index contributed by atoms with van der Waals surface area (Å²) in [5.41, 5.74) is 4.57. The average molecular weight is 884 g/mol. The van der Waals surface area contributed by atoms with Gasteiger partial charge in [-0.15, -0.1) is 0 Å². The van der Waals surface area contributed by atoms with Crippen LogP contribution in [0.3, 0.4) is 0 Å². The van der Waals surface area contributed by atoms with Gasteiger partial charge < -0.3 is 39.9 Å². The fourth-order valence-corrected chi connectivity index (χ4v) is 8.52. The fraction of sp³-hybridized carbons (Fsp3) is 0.846. The van der Waals surface area contributed by atoms with Crippen molar-refractivity contribution in [2.45, 2.75) is 180 Å². The van der Waals surface area contributed by atoms with E-state index in [1.165, 1.54) is 44.6 Å². The number of carbonyl (C=O) groups excluding carboxylic acids is 2. The van der Waals surface area contributed by atoms with Crippen molar-refractivity contribution in [3.05, 3.63) is 22.7 Å². The zero-order chi connectivity index (χ0) is 43.8. The number of aliphatic hydroxyl groups is 2. The summed E-state index contributed by atoms with van der Waals surface area (Å²) >= 11 is 0. The highest BCUT2D eigenvalue weighted by molar-refractivity contribution is 7.61. The first-order valence-corrected chi connectivity index (χ1v) is 24.3. The molecule has 4 unspecified atom stereocenters. The van der Waals surface area contributed by atoms with E-state index >= 15 is 0 Å². The number of nitrogens with two attached hydrogens (primary N) is 1. The number of nitrogens with zero attached hydrogens (tertiary/aromatic N) is 2. The minimum Gasteiger partial charge on any atom is -0.462 e. The minimum atomic E-state index is -5.41. The Morgan fingerprint density at radius 3 is 1.93 bits per heavy atom. The van der Waals surface area contributed by atoms with Gasteiger partial charge >= 0.3 is 33.3 Å². The second-order valence-electron chi connectivity index (χ2n) is 15.9. The van der Waals surface area contributed by atoms with E-state index < -0.39 is 83.7 Å². The Bertz CT molecular complexity index is 1520. The Labute approximate surface area is 349 Å². The predicted octanol–water partition coefficient (Wildman–Crippen LogP) is 6.87. The largest absolute Gasteiger partial charge is 0.481 e. The van der Waals surface area contributed by atoms with Crippen LogP contribution in [-0.2, 0) is 46.3 Å². The number of rotatable bonds is 33. The van der Waals surface area contributed by atoms with Crippen LogP contribution in [0.5, 0.6) is 0 Å². The Morgan fingerprint density at radius 1 is 0.814 bits per heavy atom. The average Bonchev–Trinajstić information content (AvgIpc) is 3.44. The number of hydrogen-bond acceptors (Lipinski definition) is 15. The van der Waals surface area contributed by atoms with E-state index in [1.807, 2.05) is 0 Å². The number of unbranched alkanes of at least 4 members (excludes halogenated alkanes) is 12. The zero-order valence-electron chi connectivity index (χ0n) is 35.4. The summed E-state index contributed by atoms with van der Waals surface area (Å²) in [6, 6.07) is 1.25. The number of phosphoric acid groups is 2. The van der Waals surface area contributed by atoms with Gasteiger partial charge in [-0.2, -0.15) is 9.29 Å². The molecule has 0 radical (unpaired) electrons. The third-order valence-corrected chi connectivity index (χ3v) is 12.8. The molecule has 0 saturated carbocycles. The highest BCUT2D eigenvalue weighted by Crippen LogP contribution is 2.60. The number of esters is 2. The van der Waals surface area contributed by atoms with Crippen molar-refractivity contribution in [3.63, 3.8) is 0 Å². The summed E-state index contributed by atoms with van der Waals surface area (Å²) in [6.07, 6.45) is 11.2. The Balaban J connectivity index is 1.87. The molecule has 8 atom stereocenters. The molecule has 1 saturated heterocycles. The number of aromatic nitrogens is 2. The molecule has 342 valence electrons. The lowest BCUT2D eigenvalue weighted by Gasteiger charge is -2.21. The van der Waals surface area contributed by atoms with Crippen molar-refractivity contribution in [2.75, 3.05) is 25.6 Å². The summed E-state index contributed by atoms with van der Waals surface area (Å²) < 4.78 is 56.4. The molecule has 1 fully saturated rings. The van der Waals surface area contributed by atoms with Crippen molar-refractivity contribution in [1.29, 1.82) is 0 Å². The van der Waals surface area contributed by atoms with Gasteiger partial charge in [0.15, 0.2) is 12.3 Å². The van der Waals surface area contributed by atoms with E-state index in [2.05, 4.69) is 37.0 Å². The first-order valence-electron chi connectivity index (χ1n) is 21.3. The lowest BCUT2D eigenvalue weighted by molar-refractivity contribution is -0.161. The van der Waals surface area contributed by atoms with Crippen molar-refractivity contribution in [3.8, 4) is 0 Å². The molecule has 1 aromatic rings. The molecule has 59 heavy (non-hydrogen) atoms. The highest BCUT2D eigenvalue weighted by Gasteiger charge is 2.46.